The van der Waals surface area contributed by atoms with Gasteiger partial charge in [-0.1, -0.05) is 6.92 Å². The van der Waals surface area contributed by atoms with Gasteiger partial charge in [0.25, 0.3) is 0 Å². The first-order valence-electron chi connectivity index (χ1n) is 6.00. The minimum absolute atomic E-state index is 0.0674. The van der Waals surface area contributed by atoms with Gasteiger partial charge >= 0.3 is 6.18 Å². The molecule has 1 N–H and O–H groups in total. The van der Waals surface area contributed by atoms with Gasteiger partial charge < -0.3 is 5.11 Å². The third-order valence-corrected chi connectivity index (χ3v) is 4.63. The van der Waals surface area contributed by atoms with Crippen molar-refractivity contribution in [3.63, 3.8) is 0 Å². The van der Waals surface area contributed by atoms with E-state index in [0.29, 0.717) is 17.8 Å². The van der Waals surface area contributed by atoms with Crippen LogP contribution in [0.25, 0.3) is 0 Å². The van der Waals surface area contributed by atoms with Crippen LogP contribution in [-0.4, -0.2) is 16.9 Å². The summed E-state index contributed by atoms with van der Waals surface area (Å²) < 4.78 is 37.7. The molecule has 4 heteroatoms. The zero-order valence-electron chi connectivity index (χ0n) is 9.72. The number of rotatable bonds is 2. The Kier molecular flexibility index (Phi) is 2.76. The number of fused-ring (bicyclic) bond motifs is 2. The average Bonchev–Trinajstić information content (AvgIpc) is 2.59. The van der Waals surface area contributed by atoms with Gasteiger partial charge in [0, 0.05) is 0 Å². The van der Waals surface area contributed by atoms with Crippen LogP contribution >= 0.6 is 0 Å². The Bertz CT molecular complexity index is 270. The molecule has 0 aromatic heterocycles. The van der Waals surface area contributed by atoms with Crippen LogP contribution in [0.2, 0.25) is 0 Å². The molecular formula is C12H19F3O. The summed E-state index contributed by atoms with van der Waals surface area (Å²) >= 11 is 0. The molecule has 2 aliphatic rings. The summed E-state index contributed by atoms with van der Waals surface area (Å²) in [6.45, 7) is 3.09. The van der Waals surface area contributed by atoms with Crippen molar-refractivity contribution in [3.8, 4) is 0 Å². The summed E-state index contributed by atoms with van der Waals surface area (Å²) in [6, 6.07) is 0. The standard InChI is InChI=1S/C12H19F3O/c1-7-3-9-4-8(7)5-10(9)6-11(2,16)12(13,14)15/h7-10,16H,3-6H2,1-2H3. The highest BCUT2D eigenvalue weighted by Crippen LogP contribution is 2.54. The molecule has 0 heterocycles. The largest absolute Gasteiger partial charge is 0.416 e. The normalized spacial score (nSPS) is 42.4. The molecule has 2 fully saturated rings. The molecule has 2 aliphatic carbocycles. The van der Waals surface area contributed by atoms with E-state index in [0.717, 1.165) is 26.2 Å². The number of hydrogen-bond acceptors (Lipinski definition) is 1. The summed E-state index contributed by atoms with van der Waals surface area (Å²) in [6.07, 6.45) is -1.63. The van der Waals surface area contributed by atoms with E-state index in [2.05, 4.69) is 6.92 Å². The molecule has 1 nitrogen and oxygen atoms in total. The topological polar surface area (TPSA) is 20.2 Å². The molecule has 0 amide bonds. The van der Waals surface area contributed by atoms with E-state index >= 15 is 0 Å². The Balaban J connectivity index is 1.98. The quantitative estimate of drug-likeness (QED) is 0.779. The molecule has 0 saturated heterocycles. The molecule has 0 radical (unpaired) electrons. The Labute approximate surface area is 94.0 Å². The maximum atomic E-state index is 12.6. The molecular weight excluding hydrogens is 217 g/mol. The van der Waals surface area contributed by atoms with E-state index in [1.165, 1.54) is 0 Å². The Morgan fingerprint density at radius 2 is 1.75 bits per heavy atom. The van der Waals surface area contributed by atoms with Crippen molar-refractivity contribution >= 4 is 0 Å². The van der Waals surface area contributed by atoms with Crippen molar-refractivity contribution in [1.29, 1.82) is 0 Å². The van der Waals surface area contributed by atoms with Gasteiger partial charge in [-0.2, -0.15) is 13.2 Å². The van der Waals surface area contributed by atoms with Gasteiger partial charge in [-0.25, -0.2) is 0 Å². The van der Waals surface area contributed by atoms with Crippen molar-refractivity contribution in [1.82, 2.24) is 0 Å². The molecule has 0 aromatic carbocycles. The van der Waals surface area contributed by atoms with Crippen LogP contribution in [0.5, 0.6) is 0 Å². The third kappa shape index (κ3) is 1.96. The van der Waals surface area contributed by atoms with Gasteiger partial charge in [0.2, 0.25) is 0 Å². The third-order valence-electron chi connectivity index (χ3n) is 4.63. The average molecular weight is 236 g/mol. The van der Waals surface area contributed by atoms with Gasteiger partial charge in [0.1, 0.15) is 0 Å². The monoisotopic (exact) mass is 236 g/mol. The molecule has 16 heavy (non-hydrogen) atoms. The second-order valence-electron chi connectivity index (χ2n) is 5.94. The van der Waals surface area contributed by atoms with Crippen molar-refractivity contribution in [3.05, 3.63) is 0 Å². The molecule has 2 rings (SSSR count). The van der Waals surface area contributed by atoms with E-state index in [-0.39, 0.29) is 12.3 Å². The number of halogens is 3. The number of hydrogen-bond donors (Lipinski definition) is 1. The summed E-state index contributed by atoms with van der Waals surface area (Å²) in [7, 11) is 0. The van der Waals surface area contributed by atoms with Gasteiger partial charge in [0.15, 0.2) is 5.60 Å². The van der Waals surface area contributed by atoms with Crippen LogP contribution in [0, 0.1) is 23.7 Å². The van der Waals surface area contributed by atoms with E-state index in [9.17, 15) is 18.3 Å². The highest BCUT2D eigenvalue weighted by atomic mass is 19.4. The Morgan fingerprint density at radius 3 is 2.12 bits per heavy atom. The van der Waals surface area contributed by atoms with Gasteiger partial charge in [-0.15, -0.1) is 0 Å². The first-order valence-corrected chi connectivity index (χ1v) is 6.00. The maximum absolute atomic E-state index is 12.6. The zero-order chi connectivity index (χ0) is 12.1. The molecule has 2 saturated carbocycles. The van der Waals surface area contributed by atoms with Gasteiger partial charge in [0.05, 0.1) is 0 Å². The molecule has 0 aliphatic heterocycles. The summed E-state index contributed by atoms with van der Waals surface area (Å²) in [4.78, 5) is 0. The maximum Gasteiger partial charge on any atom is 0.416 e. The highest BCUT2D eigenvalue weighted by molar-refractivity contribution is 4.97. The van der Waals surface area contributed by atoms with E-state index in [4.69, 9.17) is 0 Å². The van der Waals surface area contributed by atoms with E-state index < -0.39 is 11.8 Å². The highest BCUT2D eigenvalue weighted by Gasteiger charge is 2.54. The second-order valence-corrected chi connectivity index (χ2v) is 5.94. The number of aliphatic hydroxyl groups is 1. The molecule has 0 spiro atoms. The lowest BCUT2D eigenvalue weighted by molar-refractivity contribution is -0.259. The van der Waals surface area contributed by atoms with Crippen molar-refractivity contribution < 1.29 is 18.3 Å². The Morgan fingerprint density at radius 1 is 1.12 bits per heavy atom. The molecule has 2 bridgehead atoms. The van der Waals surface area contributed by atoms with Crippen LogP contribution in [0.1, 0.15) is 39.5 Å². The summed E-state index contributed by atoms with van der Waals surface area (Å²) in [5, 5.41) is 9.48. The fraction of sp³-hybridized carbons (Fsp3) is 1.00. The Hall–Kier alpha value is -0.250. The van der Waals surface area contributed by atoms with Crippen LogP contribution in [0.4, 0.5) is 13.2 Å². The van der Waals surface area contributed by atoms with Crippen molar-refractivity contribution in [2.24, 2.45) is 23.7 Å². The minimum Gasteiger partial charge on any atom is -0.381 e. The lowest BCUT2D eigenvalue weighted by atomic mass is 9.77. The fourth-order valence-corrected chi connectivity index (χ4v) is 3.56. The zero-order valence-corrected chi connectivity index (χ0v) is 9.72. The van der Waals surface area contributed by atoms with Crippen LogP contribution in [0.3, 0.4) is 0 Å². The van der Waals surface area contributed by atoms with Gasteiger partial charge in [-0.05, 0) is 56.3 Å². The smallest absolute Gasteiger partial charge is 0.381 e. The molecule has 5 atom stereocenters. The van der Waals surface area contributed by atoms with Crippen LogP contribution < -0.4 is 0 Å². The lowest BCUT2D eigenvalue weighted by Gasteiger charge is -2.33. The van der Waals surface area contributed by atoms with Crippen molar-refractivity contribution in [2.45, 2.75) is 51.3 Å². The SMILES string of the molecule is CC1CC2CC1CC2CC(C)(O)C(F)(F)F. The molecule has 5 unspecified atom stereocenters. The van der Waals surface area contributed by atoms with E-state index in [1.807, 2.05) is 0 Å². The van der Waals surface area contributed by atoms with Crippen LogP contribution in [0.15, 0.2) is 0 Å². The van der Waals surface area contributed by atoms with Gasteiger partial charge in [-0.3, -0.25) is 0 Å². The van der Waals surface area contributed by atoms with Crippen molar-refractivity contribution in [2.75, 3.05) is 0 Å². The second kappa shape index (κ2) is 3.62. The summed E-state index contributed by atoms with van der Waals surface area (Å²) in [5.41, 5.74) is -2.51. The number of alkyl halides is 3. The summed E-state index contributed by atoms with van der Waals surface area (Å²) in [5.74, 6) is 1.74. The first kappa shape index (κ1) is 12.2. The predicted molar refractivity (Wildman–Crippen MR) is 54.8 cm³/mol. The predicted octanol–water partition coefficient (Wildman–Crippen LogP) is 3.37. The van der Waals surface area contributed by atoms with Crippen LogP contribution in [-0.2, 0) is 0 Å². The fourth-order valence-electron chi connectivity index (χ4n) is 3.56. The molecule has 0 aromatic rings. The first-order chi connectivity index (χ1) is 7.21. The molecule has 94 valence electrons. The minimum atomic E-state index is -4.50. The van der Waals surface area contributed by atoms with E-state index in [1.54, 1.807) is 0 Å². The lowest BCUT2D eigenvalue weighted by Crippen LogP contribution is -2.44.